The fraction of sp³-hybridized carbons (Fsp3) is 0.833. The number of likely N-dealkylation sites (tertiary alicyclic amines) is 1. The first-order valence-electron chi connectivity index (χ1n) is 6.69. The van der Waals surface area contributed by atoms with Crippen molar-refractivity contribution in [3.63, 3.8) is 0 Å². The van der Waals surface area contributed by atoms with E-state index in [2.05, 4.69) is 16.0 Å². The summed E-state index contributed by atoms with van der Waals surface area (Å²) >= 11 is 0. The van der Waals surface area contributed by atoms with Gasteiger partial charge in [0.2, 0.25) is 5.91 Å². The largest absolute Gasteiger partial charge is 0.383 e. The van der Waals surface area contributed by atoms with Crippen molar-refractivity contribution in [2.75, 3.05) is 46.4 Å². The minimum atomic E-state index is -0.0579. The number of amides is 3. The van der Waals surface area contributed by atoms with E-state index in [1.54, 1.807) is 12.0 Å². The fourth-order valence-corrected chi connectivity index (χ4v) is 1.98. The lowest BCUT2D eigenvalue weighted by molar-refractivity contribution is -0.120. The van der Waals surface area contributed by atoms with Crippen LogP contribution in [0.5, 0.6) is 0 Å². The standard InChI is InChI=1S/C12H24N4O3/c1-3-14-12(18)16-6-4-10(9-16)15-11(17)8-13-5-7-19-2/h10,13H,3-9H2,1-2H3,(H,14,18)(H,15,17). The number of nitrogens with one attached hydrogen (secondary N) is 3. The lowest BCUT2D eigenvalue weighted by atomic mass is 10.2. The summed E-state index contributed by atoms with van der Waals surface area (Å²) in [6.07, 6.45) is 0.806. The van der Waals surface area contributed by atoms with Crippen molar-refractivity contribution in [2.24, 2.45) is 0 Å². The fourth-order valence-electron chi connectivity index (χ4n) is 1.98. The van der Waals surface area contributed by atoms with Crippen LogP contribution < -0.4 is 16.0 Å². The molecule has 1 saturated heterocycles. The van der Waals surface area contributed by atoms with E-state index in [1.807, 2.05) is 6.92 Å². The number of carbonyl (C=O) groups excluding carboxylic acids is 2. The SMILES string of the molecule is CCNC(=O)N1CCC(NC(=O)CNCCOC)C1. The summed E-state index contributed by atoms with van der Waals surface area (Å²) in [5, 5.41) is 8.66. The Bertz CT molecular complexity index is 299. The molecule has 1 rings (SSSR count). The maximum Gasteiger partial charge on any atom is 0.317 e. The van der Waals surface area contributed by atoms with Gasteiger partial charge in [0, 0.05) is 39.3 Å². The summed E-state index contributed by atoms with van der Waals surface area (Å²) in [5.74, 6) is -0.0427. The van der Waals surface area contributed by atoms with Crippen LogP contribution in [0.25, 0.3) is 0 Å². The van der Waals surface area contributed by atoms with E-state index >= 15 is 0 Å². The summed E-state index contributed by atoms with van der Waals surface area (Å²) < 4.78 is 4.88. The summed E-state index contributed by atoms with van der Waals surface area (Å²) in [7, 11) is 1.62. The van der Waals surface area contributed by atoms with Crippen LogP contribution in [0.1, 0.15) is 13.3 Å². The van der Waals surface area contributed by atoms with E-state index in [0.717, 1.165) is 6.42 Å². The third-order valence-corrected chi connectivity index (χ3v) is 2.94. The summed E-state index contributed by atoms with van der Waals surface area (Å²) in [6, 6.07) is -0.00296. The number of hydrogen-bond acceptors (Lipinski definition) is 4. The van der Waals surface area contributed by atoms with Gasteiger partial charge >= 0.3 is 6.03 Å². The molecule has 1 atom stereocenters. The summed E-state index contributed by atoms with van der Waals surface area (Å²) in [5.41, 5.74) is 0. The smallest absolute Gasteiger partial charge is 0.317 e. The van der Waals surface area contributed by atoms with E-state index in [9.17, 15) is 9.59 Å². The second-order valence-electron chi connectivity index (χ2n) is 4.50. The van der Waals surface area contributed by atoms with E-state index in [1.165, 1.54) is 0 Å². The number of rotatable bonds is 7. The van der Waals surface area contributed by atoms with Gasteiger partial charge in [-0.3, -0.25) is 4.79 Å². The van der Waals surface area contributed by atoms with Gasteiger partial charge in [-0.15, -0.1) is 0 Å². The van der Waals surface area contributed by atoms with Crippen LogP contribution in [0, 0.1) is 0 Å². The molecule has 0 aromatic carbocycles. The average molecular weight is 272 g/mol. The Morgan fingerprint density at radius 2 is 2.21 bits per heavy atom. The van der Waals surface area contributed by atoms with Gasteiger partial charge in [0.1, 0.15) is 0 Å². The van der Waals surface area contributed by atoms with Crippen molar-refractivity contribution in [2.45, 2.75) is 19.4 Å². The molecule has 0 saturated carbocycles. The number of nitrogens with zero attached hydrogens (tertiary/aromatic N) is 1. The molecule has 1 unspecified atom stereocenters. The zero-order valence-corrected chi connectivity index (χ0v) is 11.7. The number of carbonyl (C=O) groups is 2. The minimum absolute atomic E-state index is 0.0427. The summed E-state index contributed by atoms with van der Waals surface area (Å²) in [4.78, 5) is 25.0. The molecular weight excluding hydrogens is 248 g/mol. The Kier molecular flexibility index (Phi) is 7.20. The first-order chi connectivity index (χ1) is 9.17. The Hall–Kier alpha value is -1.34. The van der Waals surface area contributed by atoms with E-state index in [-0.39, 0.29) is 24.5 Å². The minimum Gasteiger partial charge on any atom is -0.383 e. The highest BCUT2D eigenvalue weighted by Crippen LogP contribution is 2.08. The predicted molar refractivity (Wildman–Crippen MR) is 71.9 cm³/mol. The first kappa shape index (κ1) is 15.7. The molecule has 0 aromatic rings. The third-order valence-electron chi connectivity index (χ3n) is 2.94. The van der Waals surface area contributed by atoms with Crippen molar-refractivity contribution in [3.05, 3.63) is 0 Å². The lowest BCUT2D eigenvalue weighted by Crippen LogP contribution is -2.44. The van der Waals surface area contributed by atoms with Gasteiger partial charge in [0.05, 0.1) is 13.2 Å². The Labute approximate surface area is 114 Å². The molecular formula is C12H24N4O3. The monoisotopic (exact) mass is 272 g/mol. The molecule has 0 spiro atoms. The molecule has 0 aromatic heterocycles. The average Bonchev–Trinajstić information content (AvgIpc) is 2.83. The van der Waals surface area contributed by atoms with Gasteiger partial charge in [0.25, 0.3) is 0 Å². The Morgan fingerprint density at radius 1 is 1.42 bits per heavy atom. The van der Waals surface area contributed by atoms with Crippen molar-refractivity contribution >= 4 is 11.9 Å². The van der Waals surface area contributed by atoms with E-state index in [0.29, 0.717) is 32.8 Å². The zero-order chi connectivity index (χ0) is 14.1. The van der Waals surface area contributed by atoms with Crippen LogP contribution in [0.4, 0.5) is 4.79 Å². The third kappa shape index (κ3) is 5.89. The van der Waals surface area contributed by atoms with Crippen LogP contribution in [0.15, 0.2) is 0 Å². The van der Waals surface area contributed by atoms with Gasteiger partial charge in [-0.25, -0.2) is 4.79 Å². The Balaban J connectivity index is 2.17. The van der Waals surface area contributed by atoms with Crippen molar-refractivity contribution in [1.82, 2.24) is 20.9 Å². The maximum atomic E-state index is 11.6. The molecule has 0 bridgehead atoms. The maximum absolute atomic E-state index is 11.6. The first-order valence-corrected chi connectivity index (χ1v) is 6.69. The van der Waals surface area contributed by atoms with E-state index in [4.69, 9.17) is 4.74 Å². The van der Waals surface area contributed by atoms with Gasteiger partial charge in [-0.1, -0.05) is 0 Å². The van der Waals surface area contributed by atoms with Crippen molar-refractivity contribution < 1.29 is 14.3 Å². The van der Waals surface area contributed by atoms with Gasteiger partial charge in [-0.2, -0.15) is 0 Å². The molecule has 3 N–H and O–H groups in total. The number of methoxy groups -OCH3 is 1. The number of hydrogen-bond donors (Lipinski definition) is 3. The van der Waals surface area contributed by atoms with Crippen LogP contribution in [-0.2, 0) is 9.53 Å². The molecule has 1 fully saturated rings. The van der Waals surface area contributed by atoms with Gasteiger partial charge in [-0.05, 0) is 13.3 Å². The topological polar surface area (TPSA) is 82.7 Å². The molecule has 7 heteroatoms. The molecule has 1 aliphatic rings. The van der Waals surface area contributed by atoms with Gasteiger partial charge in [0.15, 0.2) is 0 Å². The highest BCUT2D eigenvalue weighted by molar-refractivity contribution is 5.79. The van der Waals surface area contributed by atoms with Crippen LogP contribution in [0.2, 0.25) is 0 Å². The quantitative estimate of drug-likeness (QED) is 0.527. The second kappa shape index (κ2) is 8.71. The molecule has 7 nitrogen and oxygen atoms in total. The van der Waals surface area contributed by atoms with Crippen LogP contribution in [0.3, 0.4) is 0 Å². The predicted octanol–water partition coefficient (Wildman–Crippen LogP) is -0.858. The Morgan fingerprint density at radius 3 is 2.89 bits per heavy atom. The van der Waals surface area contributed by atoms with Gasteiger partial charge < -0.3 is 25.6 Å². The second-order valence-corrected chi connectivity index (χ2v) is 4.50. The molecule has 110 valence electrons. The zero-order valence-electron chi connectivity index (χ0n) is 11.7. The van der Waals surface area contributed by atoms with E-state index < -0.39 is 0 Å². The molecule has 19 heavy (non-hydrogen) atoms. The van der Waals surface area contributed by atoms with Crippen molar-refractivity contribution in [1.29, 1.82) is 0 Å². The lowest BCUT2D eigenvalue weighted by Gasteiger charge is -2.17. The normalized spacial score (nSPS) is 18.4. The highest BCUT2D eigenvalue weighted by atomic mass is 16.5. The van der Waals surface area contributed by atoms with Crippen molar-refractivity contribution in [3.8, 4) is 0 Å². The molecule has 1 heterocycles. The number of urea groups is 1. The molecule has 0 radical (unpaired) electrons. The highest BCUT2D eigenvalue weighted by Gasteiger charge is 2.26. The molecule has 1 aliphatic heterocycles. The summed E-state index contributed by atoms with van der Waals surface area (Å²) in [6.45, 7) is 5.29. The molecule has 3 amide bonds. The number of ether oxygens (including phenoxy) is 1. The van der Waals surface area contributed by atoms with Crippen LogP contribution in [-0.4, -0.2) is 69.3 Å². The molecule has 0 aliphatic carbocycles. The van der Waals surface area contributed by atoms with Crippen LogP contribution >= 0.6 is 0 Å².